The number of nitrogens with zero attached hydrogens (tertiary/aromatic N) is 2. The predicted molar refractivity (Wildman–Crippen MR) is 67.2 cm³/mol. The van der Waals surface area contributed by atoms with Gasteiger partial charge in [0.2, 0.25) is 0 Å². The van der Waals surface area contributed by atoms with Crippen molar-refractivity contribution in [1.29, 1.82) is 0 Å². The number of rotatable bonds is 2. The number of H-pyrrole nitrogens is 1. The molecular formula is C12H12ClN3O. The van der Waals surface area contributed by atoms with Crippen LogP contribution in [0, 0.1) is 6.92 Å². The van der Waals surface area contributed by atoms with Crippen LogP contribution in [0.2, 0.25) is 5.02 Å². The lowest BCUT2D eigenvalue weighted by Gasteiger charge is -2.04. The van der Waals surface area contributed by atoms with Crippen LogP contribution in [-0.2, 0) is 6.42 Å². The van der Waals surface area contributed by atoms with Crippen LogP contribution in [0.15, 0.2) is 23.1 Å². The summed E-state index contributed by atoms with van der Waals surface area (Å²) in [7, 11) is 0. The van der Waals surface area contributed by atoms with Gasteiger partial charge in [-0.25, -0.2) is 4.98 Å². The van der Waals surface area contributed by atoms with Crippen LogP contribution in [0.4, 0.5) is 0 Å². The number of pyridine rings is 1. The number of aromatic nitrogens is 3. The third-order valence-corrected chi connectivity index (χ3v) is 2.77. The van der Waals surface area contributed by atoms with Crippen LogP contribution in [-0.4, -0.2) is 15.0 Å². The summed E-state index contributed by atoms with van der Waals surface area (Å²) in [5, 5.41) is 0.554. The summed E-state index contributed by atoms with van der Waals surface area (Å²) in [4.78, 5) is 23.0. The average molecular weight is 250 g/mol. The first-order valence-electron chi connectivity index (χ1n) is 5.33. The summed E-state index contributed by atoms with van der Waals surface area (Å²) in [6.45, 7) is 3.76. The van der Waals surface area contributed by atoms with E-state index >= 15 is 0 Å². The lowest BCUT2D eigenvalue weighted by Crippen LogP contribution is -2.16. The minimum atomic E-state index is -0.105. The van der Waals surface area contributed by atoms with Gasteiger partial charge in [0.1, 0.15) is 5.69 Å². The predicted octanol–water partition coefficient (Wildman–Crippen LogP) is 2.36. The Hall–Kier alpha value is -1.68. The van der Waals surface area contributed by atoms with Crippen molar-refractivity contribution in [1.82, 2.24) is 15.0 Å². The van der Waals surface area contributed by atoms with Gasteiger partial charge in [-0.15, -0.1) is 0 Å². The average Bonchev–Trinajstić information content (AvgIpc) is 2.29. The number of hydrogen-bond donors (Lipinski definition) is 1. The maximum Gasteiger partial charge on any atom is 0.254 e. The highest BCUT2D eigenvalue weighted by Gasteiger charge is 2.08. The highest BCUT2D eigenvalue weighted by Crippen LogP contribution is 2.14. The largest absolute Gasteiger partial charge is 0.305 e. The van der Waals surface area contributed by atoms with Crippen LogP contribution in [0.1, 0.15) is 18.2 Å². The molecule has 2 aromatic rings. The van der Waals surface area contributed by atoms with Crippen LogP contribution >= 0.6 is 11.6 Å². The van der Waals surface area contributed by atoms with Crippen molar-refractivity contribution in [2.45, 2.75) is 20.3 Å². The third-order valence-electron chi connectivity index (χ3n) is 2.55. The zero-order valence-electron chi connectivity index (χ0n) is 9.62. The van der Waals surface area contributed by atoms with Gasteiger partial charge in [-0.1, -0.05) is 18.5 Å². The monoisotopic (exact) mass is 249 g/mol. The maximum absolute atomic E-state index is 11.8. The molecule has 17 heavy (non-hydrogen) atoms. The Morgan fingerprint density at radius 3 is 2.71 bits per heavy atom. The standard InChI is InChI=1S/C12H12ClN3O/c1-3-9-7(2)15-11(16-12(9)17)10-5-4-8(13)6-14-10/h4-6H,3H2,1-2H3,(H,15,16,17). The first-order chi connectivity index (χ1) is 8.11. The Labute approximate surface area is 104 Å². The van der Waals surface area contributed by atoms with Crippen molar-refractivity contribution in [3.63, 3.8) is 0 Å². The fourth-order valence-corrected chi connectivity index (χ4v) is 1.78. The number of aryl methyl sites for hydroxylation is 1. The summed E-state index contributed by atoms with van der Waals surface area (Å²) >= 11 is 5.75. The smallest absolute Gasteiger partial charge is 0.254 e. The van der Waals surface area contributed by atoms with Gasteiger partial charge >= 0.3 is 0 Å². The number of nitrogens with one attached hydrogen (secondary N) is 1. The molecule has 0 atom stereocenters. The number of aromatic amines is 1. The Morgan fingerprint density at radius 2 is 2.18 bits per heavy atom. The zero-order valence-corrected chi connectivity index (χ0v) is 10.4. The number of halogens is 1. The van der Waals surface area contributed by atoms with Gasteiger partial charge in [0.05, 0.1) is 5.02 Å². The Kier molecular flexibility index (Phi) is 3.24. The fourth-order valence-electron chi connectivity index (χ4n) is 1.66. The van der Waals surface area contributed by atoms with Crippen LogP contribution < -0.4 is 5.56 Å². The van der Waals surface area contributed by atoms with Crippen molar-refractivity contribution >= 4 is 11.6 Å². The van der Waals surface area contributed by atoms with Crippen molar-refractivity contribution < 1.29 is 0 Å². The van der Waals surface area contributed by atoms with E-state index in [-0.39, 0.29) is 5.56 Å². The van der Waals surface area contributed by atoms with E-state index < -0.39 is 0 Å². The summed E-state index contributed by atoms with van der Waals surface area (Å²) in [5.74, 6) is 0.473. The van der Waals surface area contributed by atoms with E-state index in [1.165, 1.54) is 6.20 Å². The molecule has 2 aromatic heterocycles. The maximum atomic E-state index is 11.8. The first kappa shape index (κ1) is 11.8. The second kappa shape index (κ2) is 4.67. The van der Waals surface area contributed by atoms with E-state index in [9.17, 15) is 4.79 Å². The van der Waals surface area contributed by atoms with Gasteiger partial charge in [0.15, 0.2) is 5.82 Å². The van der Waals surface area contributed by atoms with E-state index in [4.69, 9.17) is 11.6 Å². The molecule has 0 spiro atoms. The Morgan fingerprint density at radius 1 is 1.41 bits per heavy atom. The molecular weight excluding hydrogens is 238 g/mol. The molecule has 0 unspecified atom stereocenters. The second-order valence-corrected chi connectivity index (χ2v) is 4.13. The van der Waals surface area contributed by atoms with Crippen molar-refractivity contribution in [2.24, 2.45) is 0 Å². The Balaban J connectivity index is 2.54. The molecule has 0 bridgehead atoms. The molecule has 1 N–H and O–H groups in total. The lowest BCUT2D eigenvalue weighted by atomic mass is 10.2. The number of hydrogen-bond acceptors (Lipinski definition) is 3. The second-order valence-electron chi connectivity index (χ2n) is 3.69. The lowest BCUT2D eigenvalue weighted by molar-refractivity contribution is 0.962. The van der Waals surface area contributed by atoms with Crippen molar-refractivity contribution in [3.05, 3.63) is 45.0 Å². The fraction of sp³-hybridized carbons (Fsp3) is 0.250. The van der Waals surface area contributed by atoms with E-state index in [1.807, 2.05) is 13.8 Å². The molecule has 0 radical (unpaired) electrons. The summed E-state index contributed by atoms with van der Waals surface area (Å²) in [6.07, 6.45) is 2.20. The molecule has 88 valence electrons. The van der Waals surface area contributed by atoms with E-state index in [0.717, 1.165) is 5.69 Å². The van der Waals surface area contributed by atoms with Crippen molar-refractivity contribution in [2.75, 3.05) is 0 Å². The summed E-state index contributed by atoms with van der Waals surface area (Å²) in [6, 6.07) is 3.44. The van der Waals surface area contributed by atoms with Crippen LogP contribution in [0.5, 0.6) is 0 Å². The van der Waals surface area contributed by atoms with Gasteiger partial charge in [0.25, 0.3) is 5.56 Å². The first-order valence-corrected chi connectivity index (χ1v) is 5.71. The minimum absolute atomic E-state index is 0.105. The topological polar surface area (TPSA) is 58.6 Å². The van der Waals surface area contributed by atoms with E-state index in [2.05, 4.69) is 15.0 Å². The molecule has 0 aliphatic heterocycles. The summed E-state index contributed by atoms with van der Waals surface area (Å²) < 4.78 is 0. The quantitative estimate of drug-likeness (QED) is 0.889. The zero-order chi connectivity index (χ0) is 12.4. The highest BCUT2D eigenvalue weighted by atomic mass is 35.5. The van der Waals surface area contributed by atoms with E-state index in [0.29, 0.717) is 28.5 Å². The minimum Gasteiger partial charge on any atom is -0.305 e. The molecule has 0 aliphatic carbocycles. The van der Waals surface area contributed by atoms with Gasteiger partial charge in [-0.05, 0) is 25.5 Å². The van der Waals surface area contributed by atoms with Gasteiger partial charge in [-0.2, -0.15) is 0 Å². The van der Waals surface area contributed by atoms with Crippen LogP contribution in [0.3, 0.4) is 0 Å². The third kappa shape index (κ3) is 2.36. The normalized spacial score (nSPS) is 10.5. The molecule has 0 fully saturated rings. The molecule has 5 heteroatoms. The van der Waals surface area contributed by atoms with E-state index in [1.54, 1.807) is 12.1 Å². The SMILES string of the molecule is CCc1c(C)nc(-c2ccc(Cl)cn2)[nH]c1=O. The molecule has 0 saturated carbocycles. The van der Waals surface area contributed by atoms with Gasteiger partial charge in [-0.3, -0.25) is 9.78 Å². The highest BCUT2D eigenvalue weighted by molar-refractivity contribution is 6.30. The molecule has 0 amide bonds. The molecule has 4 nitrogen and oxygen atoms in total. The Bertz CT molecular complexity index is 590. The van der Waals surface area contributed by atoms with Crippen LogP contribution in [0.25, 0.3) is 11.5 Å². The molecule has 2 heterocycles. The van der Waals surface area contributed by atoms with Gasteiger partial charge in [0, 0.05) is 17.5 Å². The molecule has 0 aliphatic rings. The molecule has 2 rings (SSSR count). The van der Waals surface area contributed by atoms with Gasteiger partial charge < -0.3 is 4.98 Å². The molecule has 0 saturated heterocycles. The molecule has 0 aromatic carbocycles. The summed E-state index contributed by atoms with van der Waals surface area (Å²) in [5.41, 5.74) is 1.95. The van der Waals surface area contributed by atoms with Crippen molar-refractivity contribution in [3.8, 4) is 11.5 Å².